The number of pyridine rings is 1. The summed E-state index contributed by atoms with van der Waals surface area (Å²) >= 11 is 1.27. The molecule has 0 aliphatic heterocycles. The number of aromatic nitrogens is 4. The first kappa shape index (κ1) is 21.3. The van der Waals surface area contributed by atoms with Gasteiger partial charge in [0.25, 0.3) is 5.91 Å². The number of thioether (sulfide) groups is 1. The van der Waals surface area contributed by atoms with Gasteiger partial charge >= 0.3 is 0 Å². The van der Waals surface area contributed by atoms with E-state index in [4.69, 9.17) is 4.74 Å². The Morgan fingerprint density at radius 3 is 2.83 bits per heavy atom. The van der Waals surface area contributed by atoms with Crippen molar-refractivity contribution < 1.29 is 9.53 Å². The zero-order valence-corrected chi connectivity index (χ0v) is 17.4. The van der Waals surface area contributed by atoms with Gasteiger partial charge in [-0.3, -0.25) is 14.3 Å². The maximum Gasteiger partial charge on any atom is 0.250 e. The number of nitrogens with zero attached hydrogens (tertiary/aromatic N) is 5. The summed E-state index contributed by atoms with van der Waals surface area (Å²) < 4.78 is 7.62. The number of carbonyl (C=O) groups is 1. The van der Waals surface area contributed by atoms with Gasteiger partial charge in [0.2, 0.25) is 0 Å². The van der Waals surface area contributed by atoms with Gasteiger partial charge in [-0.25, -0.2) is 5.43 Å². The van der Waals surface area contributed by atoms with Crippen molar-refractivity contribution in [3.05, 3.63) is 78.4 Å². The molecule has 0 atom stereocenters. The molecular formula is C21H22N6O2S. The van der Waals surface area contributed by atoms with E-state index in [0.29, 0.717) is 23.2 Å². The van der Waals surface area contributed by atoms with Gasteiger partial charge in [-0.15, -0.1) is 16.8 Å². The van der Waals surface area contributed by atoms with Crippen LogP contribution in [-0.2, 0) is 17.9 Å². The highest BCUT2D eigenvalue weighted by Gasteiger charge is 2.14. The highest BCUT2D eigenvalue weighted by molar-refractivity contribution is 7.99. The van der Waals surface area contributed by atoms with E-state index in [9.17, 15) is 4.79 Å². The molecule has 3 aromatic rings. The lowest BCUT2D eigenvalue weighted by Gasteiger charge is -2.09. The molecule has 0 spiro atoms. The summed E-state index contributed by atoms with van der Waals surface area (Å²) in [6, 6.07) is 15.1. The van der Waals surface area contributed by atoms with Gasteiger partial charge < -0.3 is 4.74 Å². The lowest BCUT2D eigenvalue weighted by molar-refractivity contribution is -0.118. The first-order valence-corrected chi connectivity index (χ1v) is 10.2. The van der Waals surface area contributed by atoms with Crippen LogP contribution in [0.3, 0.4) is 0 Å². The van der Waals surface area contributed by atoms with Crippen molar-refractivity contribution in [1.29, 1.82) is 0 Å². The standard InChI is InChI=1S/C21H22N6O2S/c1-3-12-27-19(14-29-18-10-5-4-6-11-18)24-26-21(27)30-15-20(28)25-22-13-17-9-7-8-16(2)23-17/h3-11,13H,1,12,14-15H2,2H3,(H,25,28)/b22-13+. The molecule has 154 valence electrons. The number of nitrogens with one attached hydrogen (secondary N) is 1. The molecule has 0 fully saturated rings. The van der Waals surface area contributed by atoms with Gasteiger partial charge in [-0.2, -0.15) is 5.10 Å². The second kappa shape index (κ2) is 10.9. The summed E-state index contributed by atoms with van der Waals surface area (Å²) in [5, 5.41) is 12.9. The van der Waals surface area contributed by atoms with Crippen molar-refractivity contribution in [1.82, 2.24) is 25.2 Å². The van der Waals surface area contributed by atoms with Crippen LogP contribution in [0.5, 0.6) is 5.75 Å². The minimum absolute atomic E-state index is 0.146. The molecular weight excluding hydrogens is 400 g/mol. The Morgan fingerprint density at radius 1 is 1.23 bits per heavy atom. The molecule has 0 radical (unpaired) electrons. The zero-order chi connectivity index (χ0) is 21.2. The molecule has 0 unspecified atom stereocenters. The van der Waals surface area contributed by atoms with Gasteiger partial charge in [0, 0.05) is 12.2 Å². The van der Waals surface area contributed by atoms with Crippen molar-refractivity contribution in [2.75, 3.05) is 5.75 Å². The SMILES string of the molecule is C=CCn1c(COc2ccccc2)nnc1SCC(=O)N/N=C/c1cccc(C)n1. The van der Waals surface area contributed by atoms with Gasteiger partial charge in [0.15, 0.2) is 11.0 Å². The predicted molar refractivity (Wildman–Crippen MR) is 116 cm³/mol. The molecule has 2 aromatic heterocycles. The molecule has 0 saturated heterocycles. The van der Waals surface area contributed by atoms with E-state index >= 15 is 0 Å². The number of aryl methyl sites for hydroxylation is 1. The maximum absolute atomic E-state index is 12.1. The molecule has 0 saturated carbocycles. The van der Waals surface area contributed by atoms with Crippen LogP contribution in [0, 0.1) is 6.92 Å². The first-order valence-electron chi connectivity index (χ1n) is 9.25. The molecule has 1 N–H and O–H groups in total. The van der Waals surface area contributed by atoms with E-state index in [1.54, 1.807) is 6.08 Å². The van der Waals surface area contributed by atoms with Crippen LogP contribution < -0.4 is 10.2 Å². The average Bonchev–Trinajstić information content (AvgIpc) is 3.13. The van der Waals surface area contributed by atoms with Crippen LogP contribution in [0.2, 0.25) is 0 Å². The van der Waals surface area contributed by atoms with Gasteiger partial charge in [0.1, 0.15) is 12.4 Å². The third-order valence-electron chi connectivity index (χ3n) is 3.84. The minimum atomic E-state index is -0.251. The van der Waals surface area contributed by atoms with Crippen LogP contribution in [0.4, 0.5) is 0 Å². The van der Waals surface area contributed by atoms with E-state index in [0.717, 1.165) is 11.4 Å². The molecule has 8 nitrogen and oxygen atoms in total. The summed E-state index contributed by atoms with van der Waals surface area (Å²) in [5.74, 6) is 1.30. The zero-order valence-electron chi connectivity index (χ0n) is 16.6. The number of allylic oxidation sites excluding steroid dienone is 1. The second-order valence-electron chi connectivity index (χ2n) is 6.19. The highest BCUT2D eigenvalue weighted by atomic mass is 32.2. The molecule has 9 heteroatoms. The van der Waals surface area contributed by atoms with Crippen molar-refractivity contribution >= 4 is 23.9 Å². The van der Waals surface area contributed by atoms with E-state index in [1.165, 1.54) is 18.0 Å². The fraction of sp³-hybridized carbons (Fsp3) is 0.190. The number of hydrogen-bond donors (Lipinski definition) is 1. The van der Waals surface area contributed by atoms with Gasteiger partial charge in [0.05, 0.1) is 17.7 Å². The number of benzene rings is 1. The van der Waals surface area contributed by atoms with Crippen LogP contribution in [0.15, 0.2) is 71.4 Å². The van der Waals surface area contributed by atoms with Gasteiger partial charge in [-0.05, 0) is 31.2 Å². The molecule has 1 aromatic carbocycles. The lowest BCUT2D eigenvalue weighted by Crippen LogP contribution is -2.20. The third kappa shape index (κ3) is 6.28. The number of amides is 1. The Labute approximate surface area is 179 Å². The number of ether oxygens (including phenoxy) is 1. The van der Waals surface area contributed by atoms with Crippen molar-refractivity contribution in [2.24, 2.45) is 5.10 Å². The van der Waals surface area contributed by atoms with Crippen LogP contribution in [0.1, 0.15) is 17.2 Å². The summed E-state index contributed by atoms with van der Waals surface area (Å²) in [6.45, 7) is 6.45. The Balaban J connectivity index is 1.54. The fourth-order valence-electron chi connectivity index (χ4n) is 2.48. The summed E-state index contributed by atoms with van der Waals surface area (Å²) in [5.41, 5.74) is 4.05. The quantitative estimate of drug-likeness (QED) is 0.234. The number of hydrazone groups is 1. The molecule has 0 aliphatic rings. The molecule has 30 heavy (non-hydrogen) atoms. The smallest absolute Gasteiger partial charge is 0.250 e. The minimum Gasteiger partial charge on any atom is -0.486 e. The normalized spacial score (nSPS) is 10.8. The largest absolute Gasteiger partial charge is 0.486 e. The van der Waals surface area contributed by atoms with Crippen molar-refractivity contribution in [2.45, 2.75) is 25.2 Å². The maximum atomic E-state index is 12.1. The lowest BCUT2D eigenvalue weighted by atomic mass is 10.3. The topological polar surface area (TPSA) is 94.3 Å². The van der Waals surface area contributed by atoms with Crippen LogP contribution >= 0.6 is 11.8 Å². The first-order chi connectivity index (χ1) is 14.7. The number of hydrogen-bond acceptors (Lipinski definition) is 7. The third-order valence-corrected chi connectivity index (χ3v) is 4.81. The Bertz CT molecular complexity index is 1020. The Morgan fingerprint density at radius 2 is 2.07 bits per heavy atom. The average molecular weight is 423 g/mol. The van der Waals surface area contributed by atoms with Crippen molar-refractivity contribution in [3.63, 3.8) is 0 Å². The monoisotopic (exact) mass is 422 g/mol. The predicted octanol–water partition coefficient (Wildman–Crippen LogP) is 2.99. The Kier molecular flexibility index (Phi) is 7.73. The summed E-state index contributed by atoms with van der Waals surface area (Å²) in [6.07, 6.45) is 3.26. The summed E-state index contributed by atoms with van der Waals surface area (Å²) in [7, 11) is 0. The second-order valence-corrected chi connectivity index (χ2v) is 7.13. The van der Waals surface area contributed by atoms with Crippen LogP contribution in [-0.4, -0.2) is 37.6 Å². The molecule has 0 aliphatic carbocycles. The Hall–Kier alpha value is -3.46. The molecule has 0 bridgehead atoms. The van der Waals surface area contributed by atoms with Crippen LogP contribution in [0.25, 0.3) is 0 Å². The van der Waals surface area contributed by atoms with E-state index in [2.05, 4.69) is 32.3 Å². The van der Waals surface area contributed by atoms with E-state index in [-0.39, 0.29) is 18.3 Å². The van der Waals surface area contributed by atoms with E-state index in [1.807, 2.05) is 60.0 Å². The number of rotatable bonds is 10. The van der Waals surface area contributed by atoms with Crippen molar-refractivity contribution in [3.8, 4) is 5.75 Å². The van der Waals surface area contributed by atoms with E-state index < -0.39 is 0 Å². The molecule has 1 amide bonds. The molecule has 3 rings (SSSR count). The van der Waals surface area contributed by atoms with Gasteiger partial charge in [-0.1, -0.05) is 42.1 Å². The fourth-order valence-corrected chi connectivity index (χ4v) is 3.24. The number of para-hydroxylation sites is 1. The molecule has 2 heterocycles. The summed E-state index contributed by atoms with van der Waals surface area (Å²) in [4.78, 5) is 16.4. The number of carbonyl (C=O) groups excluding carboxylic acids is 1. The highest BCUT2D eigenvalue weighted by Crippen LogP contribution is 2.18.